The molecule has 0 aromatic carbocycles. The first-order valence-electron chi connectivity index (χ1n) is 23.4. The van der Waals surface area contributed by atoms with Crippen molar-refractivity contribution in [2.75, 3.05) is 0 Å². The minimum absolute atomic E-state index is 0.168. The summed E-state index contributed by atoms with van der Waals surface area (Å²) in [4.78, 5) is 12.6. The van der Waals surface area contributed by atoms with Gasteiger partial charge < -0.3 is 0 Å². The van der Waals surface area contributed by atoms with Gasteiger partial charge in [-0.15, -0.1) is 45.3 Å². The van der Waals surface area contributed by atoms with Crippen LogP contribution in [0.15, 0.2) is 24.3 Å². The van der Waals surface area contributed by atoms with Gasteiger partial charge in [0.2, 0.25) is 0 Å². The highest BCUT2D eigenvalue weighted by molar-refractivity contribution is 7.29. The molecule has 0 atom stereocenters. The van der Waals surface area contributed by atoms with Crippen LogP contribution < -0.4 is 0 Å². The second-order valence-corrected chi connectivity index (χ2v) is 21.9. The predicted octanol–water partition coefficient (Wildman–Crippen LogP) is 19.5. The molecule has 0 N–H and O–H groups in total. The summed E-state index contributed by atoms with van der Waals surface area (Å²) in [7, 11) is 0. The highest BCUT2D eigenvalue weighted by atomic mass is 32.1. The maximum absolute atomic E-state index is 2.75. The van der Waals surface area contributed by atoms with Gasteiger partial charge in [0.1, 0.15) is 0 Å². The maximum atomic E-state index is 2.75. The van der Waals surface area contributed by atoms with Gasteiger partial charge >= 0.3 is 0 Å². The van der Waals surface area contributed by atoms with Crippen LogP contribution in [0, 0.1) is 13.8 Å². The van der Waals surface area contributed by atoms with Crippen LogP contribution in [0.25, 0.3) is 29.3 Å². The van der Waals surface area contributed by atoms with Crippen LogP contribution in [-0.4, -0.2) is 0 Å². The van der Waals surface area contributed by atoms with E-state index in [1.807, 2.05) is 0 Å². The summed E-state index contributed by atoms with van der Waals surface area (Å²) in [6.07, 6.45) is 38.1. The van der Waals surface area contributed by atoms with Crippen LogP contribution in [0.2, 0.25) is 0 Å². The molecule has 0 amide bonds. The van der Waals surface area contributed by atoms with Crippen molar-refractivity contribution < 1.29 is 0 Å². The van der Waals surface area contributed by atoms with Gasteiger partial charge in [-0.1, -0.05) is 169 Å². The number of unbranched alkanes of at least 4 members (excludes halogenated alkanes) is 20. The molecule has 0 unspecified atom stereocenters. The normalized spacial score (nSPS) is 13.3. The molecule has 4 aromatic heterocycles. The summed E-state index contributed by atoms with van der Waals surface area (Å²) in [5.41, 5.74) is 6.84. The van der Waals surface area contributed by atoms with Crippen molar-refractivity contribution in [2.24, 2.45) is 0 Å². The molecular formula is C51H78S4. The van der Waals surface area contributed by atoms with Crippen molar-refractivity contribution in [2.45, 2.75) is 227 Å². The van der Waals surface area contributed by atoms with Crippen LogP contribution in [-0.2, 0) is 18.3 Å². The molecule has 0 nitrogen and oxygen atoms in total. The van der Waals surface area contributed by atoms with Gasteiger partial charge in [0.15, 0.2) is 0 Å². The van der Waals surface area contributed by atoms with Gasteiger partial charge in [0, 0.05) is 44.4 Å². The molecule has 1 aliphatic rings. The van der Waals surface area contributed by atoms with E-state index in [0.29, 0.717) is 0 Å². The molecule has 0 bridgehead atoms. The minimum atomic E-state index is 0.168. The number of hydrogen-bond acceptors (Lipinski definition) is 4. The molecule has 4 heterocycles. The van der Waals surface area contributed by atoms with Gasteiger partial charge in [0.05, 0.1) is 0 Å². The van der Waals surface area contributed by atoms with Crippen molar-refractivity contribution in [3.8, 4) is 29.3 Å². The van der Waals surface area contributed by atoms with E-state index >= 15 is 0 Å². The maximum Gasteiger partial charge on any atom is 0.0493 e. The zero-order valence-electron chi connectivity index (χ0n) is 36.2. The summed E-state index contributed by atoms with van der Waals surface area (Å²) in [5.74, 6) is 0. The highest BCUT2D eigenvalue weighted by Gasteiger charge is 2.45. The van der Waals surface area contributed by atoms with Crippen molar-refractivity contribution in [3.05, 3.63) is 56.3 Å². The quantitative estimate of drug-likeness (QED) is 0.0460. The SMILES string of the molecule is CCCCCCCCc1cc(C)sc1-c1cc2c(s1)-c1sc(-c3sc(C)cc3CCCCCCCC)cc1C2(CCCCCCCC)CCCCCCCC. The third kappa shape index (κ3) is 12.4. The lowest BCUT2D eigenvalue weighted by atomic mass is 9.71. The number of thiophene rings is 4. The first kappa shape index (κ1) is 44.9. The fourth-order valence-corrected chi connectivity index (χ4v) is 14.5. The molecule has 306 valence electrons. The van der Waals surface area contributed by atoms with Crippen LogP contribution >= 0.6 is 45.3 Å². The van der Waals surface area contributed by atoms with Gasteiger partial charge in [-0.3, -0.25) is 0 Å². The number of hydrogen-bond donors (Lipinski definition) is 0. The molecule has 5 rings (SSSR count). The second-order valence-electron chi connectivity index (χ2n) is 17.3. The lowest BCUT2D eigenvalue weighted by molar-refractivity contribution is 0.399. The van der Waals surface area contributed by atoms with E-state index < -0.39 is 0 Å². The minimum Gasteiger partial charge on any atom is -0.139 e. The van der Waals surface area contributed by atoms with E-state index in [1.54, 1.807) is 51.5 Å². The van der Waals surface area contributed by atoms with Crippen LogP contribution in [0.4, 0.5) is 0 Å². The smallest absolute Gasteiger partial charge is 0.0493 e. The van der Waals surface area contributed by atoms with Crippen molar-refractivity contribution in [1.82, 2.24) is 0 Å². The van der Waals surface area contributed by atoms with Crippen molar-refractivity contribution >= 4 is 45.3 Å². The number of aryl methyl sites for hydroxylation is 4. The van der Waals surface area contributed by atoms with Crippen molar-refractivity contribution in [1.29, 1.82) is 0 Å². The van der Waals surface area contributed by atoms with Crippen molar-refractivity contribution in [3.63, 3.8) is 0 Å². The summed E-state index contributed by atoms with van der Waals surface area (Å²) >= 11 is 8.47. The molecule has 0 fully saturated rings. The van der Waals surface area contributed by atoms with E-state index in [0.717, 1.165) is 0 Å². The topological polar surface area (TPSA) is 0 Å². The zero-order chi connectivity index (χ0) is 38.9. The summed E-state index contributed by atoms with van der Waals surface area (Å²) in [6, 6.07) is 10.6. The van der Waals surface area contributed by atoms with E-state index in [9.17, 15) is 0 Å². The zero-order valence-corrected chi connectivity index (χ0v) is 39.5. The Labute approximate surface area is 355 Å². The molecule has 55 heavy (non-hydrogen) atoms. The van der Waals surface area contributed by atoms with E-state index in [1.165, 1.54) is 190 Å². The van der Waals surface area contributed by atoms with E-state index in [2.05, 4.69) is 111 Å². The molecule has 0 radical (unpaired) electrons. The van der Waals surface area contributed by atoms with Gasteiger partial charge in [-0.2, -0.15) is 0 Å². The molecule has 1 aliphatic carbocycles. The first-order chi connectivity index (χ1) is 26.9. The molecule has 0 saturated heterocycles. The van der Waals surface area contributed by atoms with Gasteiger partial charge in [-0.05, 0) is 98.9 Å². The average Bonchev–Trinajstić information content (AvgIpc) is 4.00. The largest absolute Gasteiger partial charge is 0.139 e. The van der Waals surface area contributed by atoms with Crippen LogP contribution in [0.3, 0.4) is 0 Å². The Kier molecular flexibility index (Phi) is 19.6. The third-order valence-corrected chi connectivity index (χ3v) is 17.5. The third-order valence-electron chi connectivity index (χ3n) is 12.5. The first-order valence-corrected chi connectivity index (χ1v) is 26.7. The fraction of sp³-hybridized carbons (Fsp3) is 0.686. The lowest BCUT2D eigenvalue weighted by Crippen LogP contribution is -2.25. The Hall–Kier alpha value is -1.20. The van der Waals surface area contributed by atoms with E-state index in [-0.39, 0.29) is 5.41 Å². The molecular weight excluding hydrogens is 741 g/mol. The Bertz CT molecular complexity index is 1530. The Morgan fingerprint density at radius 1 is 0.364 bits per heavy atom. The standard InChI is InChI=1S/C51H78S4/c1-7-11-15-19-23-27-31-41-35-39(5)52-47(41)45-37-43-49(54-45)50-44(51(43,33-29-25-21-17-13-9-3)34-30-26-22-18-14-10-4)38-46(55-50)48-42(36-40(6)53-48)32-28-24-20-16-12-8-2/h35-38H,7-34H2,1-6H3. The summed E-state index contributed by atoms with van der Waals surface area (Å²) < 4.78 is 0. The molecule has 0 aliphatic heterocycles. The number of rotatable bonds is 30. The Morgan fingerprint density at radius 3 is 1.05 bits per heavy atom. The Balaban J connectivity index is 1.49. The lowest BCUT2D eigenvalue weighted by Gasteiger charge is -2.31. The molecule has 4 heteroatoms. The predicted molar refractivity (Wildman–Crippen MR) is 255 cm³/mol. The monoisotopic (exact) mass is 818 g/mol. The molecule has 0 saturated carbocycles. The second kappa shape index (κ2) is 24.0. The van der Waals surface area contributed by atoms with Crippen LogP contribution in [0.1, 0.15) is 227 Å². The Morgan fingerprint density at radius 2 is 0.691 bits per heavy atom. The molecule has 0 spiro atoms. The highest BCUT2D eigenvalue weighted by Crippen LogP contribution is 2.62. The van der Waals surface area contributed by atoms with Gasteiger partial charge in [0.25, 0.3) is 0 Å². The van der Waals surface area contributed by atoms with Crippen LogP contribution in [0.5, 0.6) is 0 Å². The number of fused-ring (bicyclic) bond motifs is 3. The van der Waals surface area contributed by atoms with E-state index in [4.69, 9.17) is 0 Å². The molecule has 4 aromatic rings. The summed E-state index contributed by atoms with van der Waals surface area (Å²) in [6.45, 7) is 14.0. The summed E-state index contributed by atoms with van der Waals surface area (Å²) in [5, 5.41) is 0. The van der Waals surface area contributed by atoms with Gasteiger partial charge in [-0.25, -0.2) is 0 Å². The fourth-order valence-electron chi connectivity index (χ4n) is 9.39. The average molecular weight is 819 g/mol.